The van der Waals surface area contributed by atoms with Crippen LogP contribution in [0.2, 0.25) is 0 Å². The number of ether oxygens (including phenoxy) is 1. The fraction of sp³-hybridized carbons (Fsp3) is 0.500. The zero-order chi connectivity index (χ0) is 13.0. The number of hydrogen-bond donors (Lipinski definition) is 1. The summed E-state index contributed by atoms with van der Waals surface area (Å²) in [7, 11) is 0. The van der Waals surface area contributed by atoms with Crippen molar-refractivity contribution in [3.05, 3.63) is 29.3 Å². The summed E-state index contributed by atoms with van der Waals surface area (Å²) in [5.41, 5.74) is 2.30. The molecule has 4 nitrogen and oxygen atoms in total. The number of nitrogens with one attached hydrogen (secondary N) is 1. The predicted octanol–water partition coefficient (Wildman–Crippen LogP) is 1.54. The highest BCUT2D eigenvalue weighted by atomic mass is 35.5. The lowest BCUT2D eigenvalue weighted by Gasteiger charge is -2.27. The van der Waals surface area contributed by atoms with Gasteiger partial charge in [-0.05, 0) is 37.1 Å². The summed E-state index contributed by atoms with van der Waals surface area (Å²) in [6.45, 7) is 7.47. The van der Waals surface area contributed by atoms with Gasteiger partial charge >= 0.3 is 0 Å². The Bertz CT molecular complexity index is 411. The molecule has 0 bridgehead atoms. The number of carbonyl (C=O) groups is 1. The lowest BCUT2D eigenvalue weighted by Crippen LogP contribution is -2.47. The molecule has 0 unspecified atom stereocenters. The van der Waals surface area contributed by atoms with E-state index in [1.807, 2.05) is 30.9 Å². The van der Waals surface area contributed by atoms with E-state index in [4.69, 9.17) is 4.74 Å². The molecule has 2 rings (SSSR count). The minimum Gasteiger partial charge on any atom is -0.484 e. The van der Waals surface area contributed by atoms with Gasteiger partial charge in [-0.15, -0.1) is 12.4 Å². The summed E-state index contributed by atoms with van der Waals surface area (Å²) in [6, 6.07) is 6.00. The predicted molar refractivity (Wildman–Crippen MR) is 78.1 cm³/mol. The van der Waals surface area contributed by atoms with Crippen LogP contribution in [0, 0.1) is 13.8 Å². The van der Waals surface area contributed by atoms with Gasteiger partial charge in [-0.2, -0.15) is 0 Å². The average molecular weight is 285 g/mol. The molecule has 0 saturated carbocycles. The van der Waals surface area contributed by atoms with Crippen molar-refractivity contribution in [3.8, 4) is 5.75 Å². The van der Waals surface area contributed by atoms with Gasteiger partial charge in [0.1, 0.15) is 5.75 Å². The Morgan fingerprint density at radius 1 is 1.21 bits per heavy atom. The van der Waals surface area contributed by atoms with Gasteiger partial charge in [-0.3, -0.25) is 4.79 Å². The van der Waals surface area contributed by atoms with Crippen molar-refractivity contribution in [1.82, 2.24) is 10.2 Å². The van der Waals surface area contributed by atoms with E-state index in [1.165, 1.54) is 0 Å². The maximum atomic E-state index is 11.9. The van der Waals surface area contributed by atoms with Gasteiger partial charge in [0.15, 0.2) is 6.61 Å². The van der Waals surface area contributed by atoms with E-state index < -0.39 is 0 Å². The van der Waals surface area contributed by atoms with Crippen molar-refractivity contribution < 1.29 is 9.53 Å². The van der Waals surface area contributed by atoms with Gasteiger partial charge in [0.05, 0.1) is 0 Å². The third-order valence-corrected chi connectivity index (χ3v) is 3.03. The van der Waals surface area contributed by atoms with Crippen LogP contribution >= 0.6 is 12.4 Å². The number of nitrogens with zero attached hydrogens (tertiary/aromatic N) is 1. The fourth-order valence-corrected chi connectivity index (χ4v) is 2.17. The highest BCUT2D eigenvalue weighted by molar-refractivity contribution is 5.85. The first-order valence-corrected chi connectivity index (χ1v) is 6.35. The lowest BCUT2D eigenvalue weighted by molar-refractivity contribution is -0.133. The first-order chi connectivity index (χ1) is 8.65. The van der Waals surface area contributed by atoms with E-state index in [0.717, 1.165) is 43.1 Å². The summed E-state index contributed by atoms with van der Waals surface area (Å²) in [5, 5.41) is 3.22. The van der Waals surface area contributed by atoms with Crippen molar-refractivity contribution in [1.29, 1.82) is 0 Å². The number of aryl methyl sites for hydroxylation is 2. The summed E-state index contributed by atoms with van der Waals surface area (Å²) < 4.78 is 5.57. The minimum absolute atomic E-state index is 0. The van der Waals surface area contributed by atoms with Crippen molar-refractivity contribution in [2.45, 2.75) is 13.8 Å². The van der Waals surface area contributed by atoms with Crippen molar-refractivity contribution in [3.63, 3.8) is 0 Å². The van der Waals surface area contributed by atoms with Crippen molar-refractivity contribution >= 4 is 18.3 Å². The second-order valence-corrected chi connectivity index (χ2v) is 4.74. The Kier molecular flexibility index (Phi) is 6.12. The summed E-state index contributed by atoms with van der Waals surface area (Å²) in [4.78, 5) is 13.8. The number of amides is 1. The van der Waals surface area contributed by atoms with Gasteiger partial charge in [0.25, 0.3) is 5.91 Å². The molecule has 5 heteroatoms. The molecule has 1 aliphatic heterocycles. The van der Waals surface area contributed by atoms with Crippen LogP contribution in [0.15, 0.2) is 18.2 Å². The van der Waals surface area contributed by atoms with Gasteiger partial charge in [-0.1, -0.05) is 6.07 Å². The molecule has 1 aromatic rings. The molecule has 1 saturated heterocycles. The second-order valence-electron chi connectivity index (χ2n) is 4.74. The van der Waals surface area contributed by atoms with Gasteiger partial charge in [0, 0.05) is 26.2 Å². The Hall–Kier alpha value is -1.26. The molecule has 1 aromatic carbocycles. The topological polar surface area (TPSA) is 41.6 Å². The Labute approximate surface area is 120 Å². The van der Waals surface area contributed by atoms with Crippen LogP contribution in [0.25, 0.3) is 0 Å². The molecule has 1 amide bonds. The number of hydrogen-bond acceptors (Lipinski definition) is 3. The van der Waals surface area contributed by atoms with Crippen LogP contribution < -0.4 is 10.1 Å². The van der Waals surface area contributed by atoms with E-state index in [2.05, 4.69) is 11.4 Å². The second kappa shape index (κ2) is 7.36. The molecular formula is C14H21ClN2O2. The number of piperazine rings is 1. The number of benzene rings is 1. The number of halogens is 1. The third-order valence-electron chi connectivity index (χ3n) is 3.03. The molecule has 1 aliphatic rings. The quantitative estimate of drug-likeness (QED) is 0.915. The van der Waals surface area contributed by atoms with Crippen molar-refractivity contribution in [2.24, 2.45) is 0 Å². The maximum absolute atomic E-state index is 11.9. The highest BCUT2D eigenvalue weighted by Crippen LogP contribution is 2.16. The Morgan fingerprint density at radius 3 is 2.37 bits per heavy atom. The summed E-state index contributed by atoms with van der Waals surface area (Å²) in [5.74, 6) is 0.839. The Balaban J connectivity index is 0.00000180. The Morgan fingerprint density at radius 2 is 1.79 bits per heavy atom. The van der Waals surface area contributed by atoms with E-state index in [-0.39, 0.29) is 24.9 Å². The normalized spacial score (nSPS) is 14.7. The van der Waals surface area contributed by atoms with Crippen molar-refractivity contribution in [2.75, 3.05) is 32.8 Å². The first kappa shape index (κ1) is 15.8. The molecule has 0 aliphatic carbocycles. The smallest absolute Gasteiger partial charge is 0.260 e. The van der Waals surface area contributed by atoms with Crippen LogP contribution in [-0.4, -0.2) is 43.6 Å². The van der Waals surface area contributed by atoms with E-state index in [9.17, 15) is 4.79 Å². The van der Waals surface area contributed by atoms with Gasteiger partial charge in [0.2, 0.25) is 0 Å². The fourth-order valence-electron chi connectivity index (χ4n) is 2.17. The standard InChI is InChI=1S/C14H20N2O2.ClH/c1-11-7-12(2)9-13(8-11)18-10-14(17)16-5-3-15-4-6-16;/h7-9,15H,3-6,10H2,1-2H3;1H. The zero-order valence-electron chi connectivity index (χ0n) is 11.4. The zero-order valence-corrected chi connectivity index (χ0v) is 12.3. The molecule has 1 N–H and O–H groups in total. The van der Waals surface area contributed by atoms with E-state index in [1.54, 1.807) is 0 Å². The highest BCUT2D eigenvalue weighted by Gasteiger charge is 2.16. The molecule has 0 spiro atoms. The van der Waals surface area contributed by atoms with Crippen LogP contribution in [0.5, 0.6) is 5.75 Å². The monoisotopic (exact) mass is 284 g/mol. The minimum atomic E-state index is 0. The van der Waals surface area contributed by atoms with Gasteiger partial charge < -0.3 is 15.0 Å². The SMILES string of the molecule is Cc1cc(C)cc(OCC(=O)N2CCNCC2)c1.Cl. The molecule has 106 valence electrons. The molecule has 19 heavy (non-hydrogen) atoms. The molecular weight excluding hydrogens is 264 g/mol. The third kappa shape index (κ3) is 4.73. The molecule has 1 heterocycles. The molecule has 0 aromatic heterocycles. The first-order valence-electron chi connectivity index (χ1n) is 6.35. The molecule has 0 atom stereocenters. The van der Waals surface area contributed by atoms with Crippen LogP contribution in [0.3, 0.4) is 0 Å². The summed E-state index contributed by atoms with van der Waals surface area (Å²) in [6.07, 6.45) is 0. The lowest BCUT2D eigenvalue weighted by atomic mass is 10.1. The molecule has 1 fully saturated rings. The maximum Gasteiger partial charge on any atom is 0.260 e. The van der Waals surface area contributed by atoms with Crippen LogP contribution in [0.4, 0.5) is 0 Å². The number of carbonyl (C=O) groups excluding carboxylic acids is 1. The van der Waals surface area contributed by atoms with E-state index >= 15 is 0 Å². The van der Waals surface area contributed by atoms with Crippen LogP contribution in [0.1, 0.15) is 11.1 Å². The molecule has 0 radical (unpaired) electrons. The number of rotatable bonds is 3. The largest absolute Gasteiger partial charge is 0.484 e. The van der Waals surface area contributed by atoms with E-state index in [0.29, 0.717) is 0 Å². The average Bonchev–Trinajstić information content (AvgIpc) is 2.36. The van der Waals surface area contributed by atoms with Crippen LogP contribution in [-0.2, 0) is 4.79 Å². The summed E-state index contributed by atoms with van der Waals surface area (Å²) >= 11 is 0. The van der Waals surface area contributed by atoms with Gasteiger partial charge in [-0.25, -0.2) is 0 Å².